The molecule has 0 aromatic carbocycles. The minimum absolute atomic E-state index is 0.174. The van der Waals surface area contributed by atoms with E-state index in [4.69, 9.17) is 0 Å². The molecule has 0 aliphatic carbocycles. The second-order valence-electron chi connectivity index (χ2n) is 4.11. The van der Waals surface area contributed by atoms with Crippen molar-refractivity contribution in [3.8, 4) is 0 Å². The van der Waals surface area contributed by atoms with Gasteiger partial charge in [0.15, 0.2) is 5.65 Å². The van der Waals surface area contributed by atoms with Gasteiger partial charge >= 0.3 is 0 Å². The number of hydrogen-bond donors (Lipinski definition) is 0. The highest BCUT2D eigenvalue weighted by Gasteiger charge is 2.17. The molecule has 0 spiro atoms. The zero-order valence-electron chi connectivity index (χ0n) is 8.03. The van der Waals surface area contributed by atoms with Gasteiger partial charge in [0.05, 0.1) is 10.2 Å². The molecule has 0 saturated heterocycles. The molecule has 2 heterocycles. The molecule has 0 fully saturated rings. The summed E-state index contributed by atoms with van der Waals surface area (Å²) in [5.41, 5.74) is 4.23. The maximum absolute atomic E-state index is 4.21. The Morgan fingerprint density at radius 3 is 2.69 bits per heavy atom. The molecule has 2 aromatic heterocycles. The monoisotopic (exact) mass is 192 g/mol. The predicted molar refractivity (Wildman–Crippen MR) is 56.1 cm³/mol. The van der Waals surface area contributed by atoms with E-state index in [0.717, 1.165) is 5.65 Å². The van der Waals surface area contributed by atoms with Crippen molar-refractivity contribution in [3.63, 3.8) is 0 Å². The molecular weight excluding hydrogens is 180 g/mol. The van der Waals surface area contributed by atoms with Crippen molar-refractivity contribution < 1.29 is 0 Å². The van der Waals surface area contributed by atoms with E-state index in [1.807, 2.05) is 11.7 Å². The summed E-state index contributed by atoms with van der Waals surface area (Å²) >= 11 is 1.67. The van der Waals surface area contributed by atoms with E-state index in [0.29, 0.717) is 0 Å². The maximum Gasteiger partial charge on any atom is 0.170 e. The highest BCUT2D eigenvalue weighted by molar-refractivity contribution is 7.16. The molecule has 68 valence electrons. The topological polar surface area (TPSA) is 25.8 Å². The average molecular weight is 192 g/mol. The van der Waals surface area contributed by atoms with Gasteiger partial charge in [0, 0.05) is 6.20 Å². The van der Waals surface area contributed by atoms with Crippen LogP contribution in [-0.4, -0.2) is 9.97 Å². The van der Waals surface area contributed by atoms with Crippen LogP contribution < -0.4 is 0 Å². The van der Waals surface area contributed by atoms with E-state index in [-0.39, 0.29) is 5.41 Å². The van der Waals surface area contributed by atoms with Gasteiger partial charge in [-0.25, -0.2) is 9.97 Å². The fourth-order valence-electron chi connectivity index (χ4n) is 1.36. The Hall–Kier alpha value is -0.960. The zero-order chi connectivity index (χ0) is 9.47. The van der Waals surface area contributed by atoms with Gasteiger partial charge < -0.3 is 0 Å². The minimum atomic E-state index is 0.174. The van der Waals surface area contributed by atoms with Crippen LogP contribution in [0.1, 0.15) is 26.3 Å². The van der Waals surface area contributed by atoms with Gasteiger partial charge in [0.2, 0.25) is 0 Å². The predicted octanol–water partition coefficient (Wildman–Crippen LogP) is 2.99. The summed E-state index contributed by atoms with van der Waals surface area (Å²) in [5.74, 6) is 0. The van der Waals surface area contributed by atoms with Crippen molar-refractivity contribution >= 4 is 21.7 Å². The fourth-order valence-corrected chi connectivity index (χ4v) is 2.33. The van der Waals surface area contributed by atoms with Crippen LogP contribution >= 0.6 is 11.3 Å². The Labute approximate surface area is 81.7 Å². The van der Waals surface area contributed by atoms with Gasteiger partial charge in [-0.1, -0.05) is 20.8 Å². The molecule has 0 saturated carbocycles. The van der Waals surface area contributed by atoms with E-state index in [2.05, 4.69) is 36.8 Å². The molecule has 0 aliphatic heterocycles. The Morgan fingerprint density at radius 1 is 1.23 bits per heavy atom. The third kappa shape index (κ3) is 1.44. The van der Waals surface area contributed by atoms with Gasteiger partial charge in [0.1, 0.15) is 0 Å². The van der Waals surface area contributed by atoms with Crippen LogP contribution in [0.2, 0.25) is 0 Å². The van der Waals surface area contributed by atoms with Crippen LogP contribution in [0, 0.1) is 0 Å². The van der Waals surface area contributed by atoms with Crippen LogP contribution in [0.25, 0.3) is 10.3 Å². The van der Waals surface area contributed by atoms with E-state index < -0.39 is 0 Å². The number of rotatable bonds is 0. The van der Waals surface area contributed by atoms with Crippen molar-refractivity contribution in [2.75, 3.05) is 0 Å². The first-order chi connectivity index (χ1) is 6.09. The minimum Gasteiger partial charge on any atom is -0.236 e. The SMILES string of the molecule is CC(C)(C)c1ccnc2ncsc12. The third-order valence-corrected chi connectivity index (χ3v) is 2.89. The summed E-state index contributed by atoms with van der Waals surface area (Å²) in [4.78, 5) is 8.41. The first-order valence-corrected chi connectivity index (χ1v) is 5.16. The molecular formula is C10H12N2S. The molecule has 0 amide bonds. The largest absolute Gasteiger partial charge is 0.236 e. The summed E-state index contributed by atoms with van der Waals surface area (Å²) in [6, 6.07) is 2.08. The van der Waals surface area contributed by atoms with Gasteiger partial charge in [0.25, 0.3) is 0 Å². The lowest BCUT2D eigenvalue weighted by Crippen LogP contribution is -2.11. The summed E-state index contributed by atoms with van der Waals surface area (Å²) in [6.45, 7) is 6.63. The summed E-state index contributed by atoms with van der Waals surface area (Å²) in [5, 5.41) is 0. The number of aromatic nitrogens is 2. The number of thiazole rings is 1. The van der Waals surface area contributed by atoms with Crippen molar-refractivity contribution in [2.45, 2.75) is 26.2 Å². The molecule has 3 heteroatoms. The summed E-state index contributed by atoms with van der Waals surface area (Å²) < 4.78 is 1.22. The lowest BCUT2D eigenvalue weighted by molar-refractivity contribution is 0.596. The number of nitrogens with zero attached hydrogens (tertiary/aromatic N) is 2. The second kappa shape index (κ2) is 2.77. The second-order valence-corrected chi connectivity index (χ2v) is 4.97. The quantitative estimate of drug-likeness (QED) is 0.641. The Kier molecular flexibility index (Phi) is 1.84. The number of hydrogen-bond acceptors (Lipinski definition) is 3. The molecule has 0 N–H and O–H groups in total. The summed E-state index contributed by atoms with van der Waals surface area (Å²) in [7, 11) is 0. The lowest BCUT2D eigenvalue weighted by atomic mass is 9.88. The van der Waals surface area contributed by atoms with Crippen molar-refractivity contribution in [1.82, 2.24) is 9.97 Å². The van der Waals surface area contributed by atoms with Crippen molar-refractivity contribution in [2.24, 2.45) is 0 Å². The first kappa shape index (κ1) is 8.63. The molecule has 0 atom stereocenters. The molecule has 0 radical (unpaired) electrons. The zero-order valence-corrected chi connectivity index (χ0v) is 8.85. The van der Waals surface area contributed by atoms with Crippen molar-refractivity contribution in [3.05, 3.63) is 23.3 Å². The van der Waals surface area contributed by atoms with E-state index in [1.54, 1.807) is 11.3 Å². The van der Waals surface area contributed by atoms with E-state index in [1.165, 1.54) is 10.3 Å². The Balaban J connectivity index is 2.75. The molecule has 13 heavy (non-hydrogen) atoms. The Morgan fingerprint density at radius 2 is 2.00 bits per heavy atom. The fraction of sp³-hybridized carbons (Fsp3) is 0.400. The van der Waals surface area contributed by atoms with E-state index >= 15 is 0 Å². The maximum atomic E-state index is 4.21. The highest BCUT2D eigenvalue weighted by Crippen LogP contribution is 2.30. The van der Waals surface area contributed by atoms with Gasteiger partial charge in [-0.05, 0) is 17.0 Å². The van der Waals surface area contributed by atoms with Crippen LogP contribution in [0.5, 0.6) is 0 Å². The van der Waals surface area contributed by atoms with Crippen LogP contribution in [0.4, 0.5) is 0 Å². The van der Waals surface area contributed by atoms with Gasteiger partial charge in [-0.3, -0.25) is 0 Å². The third-order valence-electron chi connectivity index (χ3n) is 2.04. The standard InChI is InChI=1S/C10H12N2S/c1-10(2,3)7-4-5-11-9-8(7)13-6-12-9/h4-6H,1-3H3. The molecule has 0 unspecified atom stereocenters. The smallest absolute Gasteiger partial charge is 0.170 e. The first-order valence-electron chi connectivity index (χ1n) is 4.28. The van der Waals surface area contributed by atoms with E-state index in [9.17, 15) is 0 Å². The normalized spacial score (nSPS) is 12.2. The average Bonchev–Trinajstić information content (AvgIpc) is 2.48. The van der Waals surface area contributed by atoms with Gasteiger partial charge in [-0.2, -0.15) is 0 Å². The molecule has 2 rings (SSSR count). The lowest BCUT2D eigenvalue weighted by Gasteiger charge is -2.18. The number of pyridine rings is 1. The molecule has 2 nitrogen and oxygen atoms in total. The van der Waals surface area contributed by atoms with Crippen LogP contribution in [0.15, 0.2) is 17.8 Å². The number of fused-ring (bicyclic) bond motifs is 1. The molecule has 0 bridgehead atoms. The summed E-state index contributed by atoms with van der Waals surface area (Å²) in [6.07, 6.45) is 1.84. The van der Waals surface area contributed by atoms with Crippen molar-refractivity contribution in [1.29, 1.82) is 0 Å². The molecule has 2 aromatic rings. The van der Waals surface area contributed by atoms with Crippen LogP contribution in [0.3, 0.4) is 0 Å². The van der Waals surface area contributed by atoms with Gasteiger partial charge in [-0.15, -0.1) is 11.3 Å². The highest BCUT2D eigenvalue weighted by atomic mass is 32.1. The molecule has 0 aliphatic rings. The van der Waals surface area contributed by atoms with Crippen LogP contribution in [-0.2, 0) is 5.41 Å². The Bertz CT molecular complexity index is 426.